The molecule has 0 bridgehead atoms. The van der Waals surface area contributed by atoms with Crippen molar-refractivity contribution in [2.24, 2.45) is 12.8 Å². The summed E-state index contributed by atoms with van der Waals surface area (Å²) in [5, 5.41) is 0. The van der Waals surface area contributed by atoms with Crippen LogP contribution in [-0.4, -0.2) is 50.4 Å². The number of carbonyl (C=O) groups excluding carboxylic acids is 1. The molecule has 1 aromatic carbocycles. The van der Waals surface area contributed by atoms with E-state index in [0.29, 0.717) is 48.8 Å². The molecule has 1 aliphatic heterocycles. The molecule has 3 heterocycles. The molecule has 1 atom stereocenters. The van der Waals surface area contributed by atoms with Crippen molar-refractivity contribution in [2.75, 3.05) is 24.6 Å². The van der Waals surface area contributed by atoms with E-state index in [0.717, 1.165) is 30.5 Å². The quantitative estimate of drug-likeness (QED) is 0.366. The molecule has 198 valence electrons. The third-order valence-electron chi connectivity index (χ3n) is 6.72. The second-order valence-electron chi connectivity index (χ2n) is 9.79. The summed E-state index contributed by atoms with van der Waals surface area (Å²) in [7, 11) is 1.65. The maximum atomic E-state index is 13.7. The minimum atomic E-state index is -0.408. The number of fused-ring (bicyclic) bond motifs is 1. The fourth-order valence-electron chi connectivity index (χ4n) is 4.70. The van der Waals surface area contributed by atoms with E-state index in [-0.39, 0.29) is 24.1 Å². The molecular formula is C27H36N6O4. The number of rotatable bonds is 8. The topological polar surface area (TPSA) is 117 Å². The molecule has 1 saturated heterocycles. The number of imidazole rings is 1. The monoisotopic (exact) mass is 508 g/mol. The van der Waals surface area contributed by atoms with E-state index in [9.17, 15) is 14.4 Å². The van der Waals surface area contributed by atoms with Crippen molar-refractivity contribution < 1.29 is 9.53 Å². The average molecular weight is 509 g/mol. The van der Waals surface area contributed by atoms with Crippen LogP contribution >= 0.6 is 0 Å². The lowest BCUT2D eigenvalue weighted by Gasteiger charge is -2.31. The highest BCUT2D eigenvalue weighted by atomic mass is 16.5. The largest absolute Gasteiger partial charge is 0.462 e. The minimum absolute atomic E-state index is 0.0427. The van der Waals surface area contributed by atoms with Crippen molar-refractivity contribution in [3.8, 4) is 0 Å². The number of aromatic nitrogens is 4. The van der Waals surface area contributed by atoms with Crippen molar-refractivity contribution in [2.45, 2.75) is 59.2 Å². The lowest BCUT2D eigenvalue weighted by Crippen LogP contribution is -2.44. The molecule has 0 saturated carbocycles. The maximum absolute atomic E-state index is 13.7. The number of anilines is 1. The molecule has 10 heteroatoms. The van der Waals surface area contributed by atoms with Crippen LogP contribution in [0.15, 0.2) is 45.5 Å². The van der Waals surface area contributed by atoms with E-state index in [1.165, 1.54) is 9.13 Å². The molecular weight excluding hydrogens is 472 g/mol. The standard InChI is InChI=1S/C27H36N6O4/c1-5-37-25(35)20-10-8-19(9-11-20)13-16-33-24(34)22-23(30(4)27(33)36)29-26(32(22)15-12-18(2)3)31-14-6-7-21(28)17-31/h8-12,21H,5-7,13-17,28H2,1-4H3. The second-order valence-corrected chi connectivity index (χ2v) is 9.79. The Morgan fingerprint density at radius 1 is 1.19 bits per heavy atom. The van der Waals surface area contributed by atoms with E-state index in [1.807, 2.05) is 30.5 Å². The fourth-order valence-corrected chi connectivity index (χ4v) is 4.70. The summed E-state index contributed by atoms with van der Waals surface area (Å²) in [4.78, 5) is 45.8. The number of piperidine rings is 1. The first-order chi connectivity index (χ1) is 17.7. The van der Waals surface area contributed by atoms with Crippen molar-refractivity contribution in [3.05, 3.63) is 67.9 Å². The normalized spacial score (nSPS) is 15.7. The highest BCUT2D eigenvalue weighted by Crippen LogP contribution is 2.23. The van der Waals surface area contributed by atoms with Gasteiger partial charge in [0.15, 0.2) is 11.2 Å². The number of carbonyl (C=O) groups is 1. The average Bonchev–Trinajstić information content (AvgIpc) is 3.26. The van der Waals surface area contributed by atoms with E-state index in [4.69, 9.17) is 15.5 Å². The minimum Gasteiger partial charge on any atom is -0.462 e. The van der Waals surface area contributed by atoms with Crippen LogP contribution in [-0.2, 0) is 31.3 Å². The summed E-state index contributed by atoms with van der Waals surface area (Å²) in [5.41, 5.74) is 8.75. The zero-order chi connectivity index (χ0) is 26.7. The van der Waals surface area contributed by atoms with Crippen LogP contribution in [0.4, 0.5) is 5.95 Å². The van der Waals surface area contributed by atoms with Crippen LogP contribution in [0, 0.1) is 0 Å². The first kappa shape index (κ1) is 26.4. The highest BCUT2D eigenvalue weighted by Gasteiger charge is 2.26. The van der Waals surface area contributed by atoms with Crippen LogP contribution in [0.5, 0.6) is 0 Å². The predicted octanol–water partition coefficient (Wildman–Crippen LogP) is 2.21. The summed E-state index contributed by atoms with van der Waals surface area (Å²) in [6.07, 6.45) is 4.41. The van der Waals surface area contributed by atoms with Crippen molar-refractivity contribution in [3.63, 3.8) is 0 Å². The molecule has 1 aliphatic rings. The van der Waals surface area contributed by atoms with Crippen LogP contribution in [0.1, 0.15) is 49.5 Å². The van der Waals surface area contributed by atoms with Gasteiger partial charge >= 0.3 is 11.7 Å². The molecule has 37 heavy (non-hydrogen) atoms. The van der Waals surface area contributed by atoms with Gasteiger partial charge in [0.25, 0.3) is 5.56 Å². The van der Waals surface area contributed by atoms with Crippen molar-refractivity contribution >= 4 is 23.1 Å². The van der Waals surface area contributed by atoms with Gasteiger partial charge < -0.3 is 19.9 Å². The number of esters is 1. The molecule has 10 nitrogen and oxygen atoms in total. The van der Waals surface area contributed by atoms with Crippen molar-refractivity contribution in [1.82, 2.24) is 18.7 Å². The van der Waals surface area contributed by atoms with Gasteiger partial charge in [-0.05, 0) is 57.7 Å². The van der Waals surface area contributed by atoms with Gasteiger partial charge in [-0.15, -0.1) is 0 Å². The Hall–Kier alpha value is -3.66. The van der Waals surface area contributed by atoms with E-state index < -0.39 is 5.69 Å². The van der Waals surface area contributed by atoms with Crippen LogP contribution in [0.2, 0.25) is 0 Å². The first-order valence-corrected chi connectivity index (χ1v) is 12.8. The van der Waals surface area contributed by atoms with Crippen LogP contribution < -0.4 is 21.9 Å². The maximum Gasteiger partial charge on any atom is 0.338 e. The number of hydrogen-bond acceptors (Lipinski definition) is 7. The molecule has 3 aromatic rings. The Labute approximate surface area is 216 Å². The van der Waals surface area contributed by atoms with Gasteiger partial charge in [-0.3, -0.25) is 13.9 Å². The van der Waals surface area contributed by atoms with Gasteiger partial charge in [0.2, 0.25) is 5.95 Å². The number of benzene rings is 1. The smallest absolute Gasteiger partial charge is 0.338 e. The molecule has 2 aromatic heterocycles. The van der Waals surface area contributed by atoms with Gasteiger partial charge in [0.05, 0.1) is 12.2 Å². The molecule has 0 amide bonds. The summed E-state index contributed by atoms with van der Waals surface area (Å²) in [6.45, 7) is 8.23. The number of allylic oxidation sites excluding steroid dienone is 2. The number of ether oxygens (including phenoxy) is 1. The SMILES string of the molecule is CCOC(=O)c1ccc(CCn2c(=O)c3c(nc(N4CCCC(N)C4)n3CC=C(C)C)n(C)c2=O)cc1. The summed E-state index contributed by atoms with van der Waals surface area (Å²) in [5.74, 6) is 0.293. The van der Waals surface area contributed by atoms with Crippen LogP contribution in [0.3, 0.4) is 0 Å². The number of nitrogens with two attached hydrogens (primary N) is 1. The van der Waals surface area contributed by atoms with Crippen molar-refractivity contribution in [1.29, 1.82) is 0 Å². The third-order valence-corrected chi connectivity index (χ3v) is 6.72. The molecule has 1 unspecified atom stereocenters. The summed E-state index contributed by atoms with van der Waals surface area (Å²) in [6, 6.07) is 7.07. The van der Waals surface area contributed by atoms with E-state index in [1.54, 1.807) is 26.1 Å². The molecule has 1 fully saturated rings. The Morgan fingerprint density at radius 3 is 2.57 bits per heavy atom. The lowest BCUT2D eigenvalue weighted by molar-refractivity contribution is 0.0526. The zero-order valence-corrected chi connectivity index (χ0v) is 22.1. The second kappa shape index (κ2) is 11.2. The molecule has 4 rings (SSSR count). The van der Waals surface area contributed by atoms with E-state index >= 15 is 0 Å². The highest BCUT2D eigenvalue weighted by molar-refractivity contribution is 5.89. The molecule has 0 spiro atoms. The van der Waals surface area contributed by atoms with Gasteiger partial charge in [-0.1, -0.05) is 23.8 Å². The Kier molecular flexibility index (Phi) is 7.97. The number of aryl methyl sites for hydroxylation is 2. The van der Waals surface area contributed by atoms with Gasteiger partial charge in [0.1, 0.15) is 0 Å². The van der Waals surface area contributed by atoms with Gasteiger partial charge in [-0.25, -0.2) is 9.59 Å². The van der Waals surface area contributed by atoms with Gasteiger partial charge in [0, 0.05) is 39.3 Å². The summed E-state index contributed by atoms with van der Waals surface area (Å²) < 4.78 is 9.66. The Bertz CT molecular complexity index is 1430. The third kappa shape index (κ3) is 5.53. The van der Waals surface area contributed by atoms with Crippen LogP contribution in [0.25, 0.3) is 11.2 Å². The predicted molar refractivity (Wildman–Crippen MR) is 144 cm³/mol. The molecule has 2 N–H and O–H groups in total. The molecule has 0 radical (unpaired) electrons. The van der Waals surface area contributed by atoms with Gasteiger partial charge in [-0.2, -0.15) is 4.98 Å². The molecule has 0 aliphatic carbocycles. The van der Waals surface area contributed by atoms with E-state index in [2.05, 4.69) is 11.0 Å². The Balaban J connectivity index is 1.72. The number of nitrogens with zero attached hydrogens (tertiary/aromatic N) is 5. The first-order valence-electron chi connectivity index (χ1n) is 12.8. The lowest BCUT2D eigenvalue weighted by atomic mass is 10.1. The Morgan fingerprint density at radius 2 is 1.92 bits per heavy atom. The fraction of sp³-hybridized carbons (Fsp3) is 0.481. The number of hydrogen-bond donors (Lipinski definition) is 1. The summed E-state index contributed by atoms with van der Waals surface area (Å²) >= 11 is 0. The zero-order valence-electron chi connectivity index (χ0n) is 22.1.